The molecule has 3 aromatic rings. The second kappa shape index (κ2) is 7.41. The van der Waals surface area contributed by atoms with Crippen molar-refractivity contribution in [2.45, 2.75) is 19.4 Å². The molecule has 7 nitrogen and oxygen atoms in total. The van der Waals surface area contributed by atoms with Gasteiger partial charge in [-0.25, -0.2) is 0 Å². The van der Waals surface area contributed by atoms with Gasteiger partial charge in [-0.1, -0.05) is 24.3 Å². The maximum atomic E-state index is 9.61. The molecule has 0 bridgehead atoms. The van der Waals surface area contributed by atoms with E-state index in [1.165, 1.54) is 0 Å². The van der Waals surface area contributed by atoms with E-state index in [2.05, 4.69) is 22.3 Å². The number of aryl methyl sites for hydroxylation is 1. The molecule has 1 aromatic heterocycles. The van der Waals surface area contributed by atoms with Gasteiger partial charge < -0.3 is 15.2 Å². The molecule has 1 aliphatic rings. The summed E-state index contributed by atoms with van der Waals surface area (Å²) in [5.74, 6) is 0.808. The van der Waals surface area contributed by atoms with Gasteiger partial charge in [0.2, 0.25) is 11.8 Å². The van der Waals surface area contributed by atoms with Crippen LogP contribution >= 0.6 is 0 Å². The fraction of sp³-hybridized carbons (Fsp3) is 0.136. The highest BCUT2D eigenvalue weighted by atomic mass is 16.5. The fourth-order valence-electron chi connectivity index (χ4n) is 3.33. The number of rotatable bonds is 4. The normalized spacial score (nSPS) is 15.1. The Balaban J connectivity index is 1.56. The van der Waals surface area contributed by atoms with Crippen LogP contribution in [0.3, 0.4) is 0 Å². The number of ether oxygens (including phenoxy) is 2. The van der Waals surface area contributed by atoms with Crippen LogP contribution in [0, 0.1) is 29.6 Å². The number of H-pyrrole nitrogens is 1. The van der Waals surface area contributed by atoms with Crippen LogP contribution in [-0.2, 0) is 6.61 Å². The molecule has 142 valence electrons. The molecular formula is C22H17N5O2. The highest BCUT2D eigenvalue weighted by molar-refractivity contribution is 5.55. The number of nitrogens with two attached hydrogens (primary N) is 1. The number of nitrogens with zero attached hydrogens (tertiary/aromatic N) is 3. The summed E-state index contributed by atoms with van der Waals surface area (Å²) in [6, 6.07) is 19.0. The van der Waals surface area contributed by atoms with E-state index in [0.29, 0.717) is 29.4 Å². The van der Waals surface area contributed by atoms with Crippen LogP contribution in [0.2, 0.25) is 0 Å². The molecule has 0 fully saturated rings. The number of hydrogen-bond donors (Lipinski definition) is 2. The van der Waals surface area contributed by atoms with E-state index < -0.39 is 0 Å². The van der Waals surface area contributed by atoms with Gasteiger partial charge in [0.15, 0.2) is 0 Å². The number of aromatic nitrogens is 2. The maximum Gasteiger partial charge on any atom is 0.244 e. The standard InChI is InChI=1S/C22H17N5O2/c1-13-19-20(18(11-24)21(25)29-22(19)27-26-13)16-6-8-17(9-7-16)28-12-15-4-2-14(10-23)3-5-15/h2-9,20H,12,25H2,1H3,(H,26,27). The first kappa shape index (κ1) is 18.1. The zero-order valence-electron chi connectivity index (χ0n) is 15.6. The summed E-state index contributed by atoms with van der Waals surface area (Å²) in [5.41, 5.74) is 10.4. The minimum Gasteiger partial charge on any atom is -0.489 e. The minimum absolute atomic E-state index is 0.0673. The Morgan fingerprint density at radius 3 is 2.48 bits per heavy atom. The monoisotopic (exact) mass is 383 g/mol. The van der Waals surface area contributed by atoms with Crippen LogP contribution in [0.4, 0.5) is 0 Å². The Hall–Kier alpha value is -4.23. The summed E-state index contributed by atoms with van der Waals surface area (Å²) >= 11 is 0. The fourth-order valence-corrected chi connectivity index (χ4v) is 3.33. The molecule has 0 saturated heterocycles. The van der Waals surface area contributed by atoms with E-state index in [1.54, 1.807) is 12.1 Å². The maximum absolute atomic E-state index is 9.61. The summed E-state index contributed by atoms with van der Waals surface area (Å²) in [4.78, 5) is 0. The van der Waals surface area contributed by atoms with E-state index in [1.807, 2.05) is 43.3 Å². The predicted octanol–water partition coefficient (Wildman–Crippen LogP) is 3.39. The molecule has 1 unspecified atom stereocenters. The molecule has 29 heavy (non-hydrogen) atoms. The van der Waals surface area contributed by atoms with Gasteiger partial charge in [-0.15, -0.1) is 5.10 Å². The minimum atomic E-state index is -0.352. The van der Waals surface area contributed by atoms with Gasteiger partial charge in [-0.2, -0.15) is 10.5 Å². The number of nitrogens with one attached hydrogen (secondary N) is 1. The van der Waals surface area contributed by atoms with Crippen molar-refractivity contribution in [3.05, 3.63) is 87.9 Å². The Bertz CT molecular complexity index is 1160. The number of hydrogen-bond acceptors (Lipinski definition) is 6. The van der Waals surface area contributed by atoms with Gasteiger partial charge in [0.1, 0.15) is 24.0 Å². The lowest BCUT2D eigenvalue weighted by molar-refractivity contribution is 0.306. The van der Waals surface area contributed by atoms with Crippen LogP contribution < -0.4 is 15.2 Å². The van der Waals surface area contributed by atoms with Crippen molar-refractivity contribution in [1.82, 2.24) is 10.2 Å². The van der Waals surface area contributed by atoms with E-state index in [4.69, 9.17) is 20.5 Å². The average Bonchev–Trinajstić information content (AvgIpc) is 3.12. The summed E-state index contributed by atoms with van der Waals surface area (Å²) in [6.45, 7) is 2.28. The third kappa shape index (κ3) is 3.38. The first-order chi connectivity index (χ1) is 14.1. The smallest absolute Gasteiger partial charge is 0.244 e. The van der Waals surface area contributed by atoms with E-state index in [-0.39, 0.29) is 11.8 Å². The van der Waals surface area contributed by atoms with Crippen LogP contribution in [0.5, 0.6) is 11.6 Å². The Morgan fingerprint density at radius 1 is 1.10 bits per heavy atom. The molecule has 7 heteroatoms. The molecule has 2 heterocycles. The summed E-state index contributed by atoms with van der Waals surface area (Å²) in [5, 5.41) is 25.5. The zero-order valence-corrected chi connectivity index (χ0v) is 15.6. The van der Waals surface area contributed by atoms with Gasteiger partial charge in [-0.3, -0.25) is 5.10 Å². The summed E-state index contributed by atoms with van der Waals surface area (Å²) in [7, 11) is 0. The predicted molar refractivity (Wildman–Crippen MR) is 105 cm³/mol. The Kier molecular flexibility index (Phi) is 4.64. The molecule has 2 aromatic carbocycles. The third-order valence-electron chi connectivity index (χ3n) is 4.83. The lowest BCUT2D eigenvalue weighted by Crippen LogP contribution is -2.21. The van der Waals surface area contributed by atoms with Gasteiger partial charge in [0.05, 0.1) is 17.6 Å². The Morgan fingerprint density at radius 2 is 1.83 bits per heavy atom. The highest BCUT2D eigenvalue weighted by Gasteiger charge is 2.34. The second-order valence-corrected chi connectivity index (χ2v) is 6.66. The van der Waals surface area contributed by atoms with Gasteiger partial charge in [-0.05, 0) is 42.3 Å². The van der Waals surface area contributed by atoms with Crippen molar-refractivity contribution in [2.75, 3.05) is 0 Å². The van der Waals surface area contributed by atoms with Crippen LogP contribution in [0.25, 0.3) is 0 Å². The van der Waals surface area contributed by atoms with Crippen LogP contribution in [-0.4, -0.2) is 10.2 Å². The lowest BCUT2D eigenvalue weighted by atomic mass is 9.84. The first-order valence-electron chi connectivity index (χ1n) is 8.95. The molecule has 0 saturated carbocycles. The summed E-state index contributed by atoms with van der Waals surface area (Å²) in [6.07, 6.45) is 0. The van der Waals surface area contributed by atoms with Gasteiger partial charge in [0.25, 0.3) is 0 Å². The van der Waals surface area contributed by atoms with E-state index >= 15 is 0 Å². The number of fused-ring (bicyclic) bond motifs is 1. The van der Waals surface area contributed by atoms with Crippen molar-refractivity contribution >= 4 is 0 Å². The topological polar surface area (TPSA) is 121 Å². The number of aromatic amines is 1. The van der Waals surface area contributed by atoms with E-state index in [0.717, 1.165) is 22.4 Å². The van der Waals surface area contributed by atoms with E-state index in [9.17, 15) is 5.26 Å². The van der Waals surface area contributed by atoms with Gasteiger partial charge >= 0.3 is 0 Å². The lowest BCUT2D eigenvalue weighted by Gasteiger charge is -2.23. The van der Waals surface area contributed by atoms with Crippen LogP contribution in [0.15, 0.2) is 60.0 Å². The highest BCUT2D eigenvalue weighted by Crippen LogP contribution is 2.42. The second-order valence-electron chi connectivity index (χ2n) is 6.66. The largest absolute Gasteiger partial charge is 0.489 e. The van der Waals surface area contributed by atoms with Crippen molar-refractivity contribution in [3.8, 4) is 23.8 Å². The van der Waals surface area contributed by atoms with Crippen LogP contribution in [0.1, 0.15) is 33.9 Å². The Labute approximate surface area is 167 Å². The molecule has 0 spiro atoms. The molecule has 0 amide bonds. The van der Waals surface area contributed by atoms with Gasteiger partial charge in [0, 0.05) is 11.3 Å². The molecule has 3 N–H and O–H groups in total. The third-order valence-corrected chi connectivity index (χ3v) is 4.83. The SMILES string of the molecule is Cc1[nH]nc2c1C(c1ccc(OCc3ccc(C#N)cc3)cc1)C(C#N)=C(N)O2. The van der Waals surface area contributed by atoms with Crippen molar-refractivity contribution < 1.29 is 9.47 Å². The molecule has 0 aliphatic carbocycles. The summed E-state index contributed by atoms with van der Waals surface area (Å²) < 4.78 is 11.3. The number of allylic oxidation sites excluding steroid dienone is 1. The first-order valence-corrected chi connectivity index (χ1v) is 8.95. The molecule has 4 rings (SSSR count). The molecule has 0 radical (unpaired) electrons. The van der Waals surface area contributed by atoms with Crippen molar-refractivity contribution in [1.29, 1.82) is 10.5 Å². The van der Waals surface area contributed by atoms with Crippen molar-refractivity contribution in [2.24, 2.45) is 5.73 Å². The molecule has 1 atom stereocenters. The number of benzene rings is 2. The van der Waals surface area contributed by atoms with Crippen molar-refractivity contribution in [3.63, 3.8) is 0 Å². The quantitative estimate of drug-likeness (QED) is 0.712. The molecular weight excluding hydrogens is 366 g/mol. The number of nitriles is 2. The zero-order chi connectivity index (χ0) is 20.4. The molecule has 1 aliphatic heterocycles. The average molecular weight is 383 g/mol.